The van der Waals surface area contributed by atoms with E-state index in [9.17, 15) is 0 Å². The van der Waals surface area contributed by atoms with Gasteiger partial charge in [0.2, 0.25) is 0 Å². The predicted molar refractivity (Wildman–Crippen MR) is 59.2 cm³/mol. The van der Waals surface area contributed by atoms with Crippen molar-refractivity contribution in [3.05, 3.63) is 18.2 Å². The molecule has 80 valence electrons. The van der Waals surface area contributed by atoms with Gasteiger partial charge in [0.1, 0.15) is 0 Å². The molecule has 1 unspecified atom stereocenters. The summed E-state index contributed by atoms with van der Waals surface area (Å²) in [6.07, 6.45) is 7.56. The van der Waals surface area contributed by atoms with Gasteiger partial charge in [-0.1, -0.05) is 20.3 Å². The standard InChI is InChI=1S/C11H21N3/c1-4-6-10(5-2)14-9-13-8-11(14)7-12-3/h8-10,12H,4-7H2,1-3H3. The molecule has 0 aliphatic carbocycles. The molecule has 0 aromatic carbocycles. The largest absolute Gasteiger partial charge is 0.330 e. The van der Waals surface area contributed by atoms with Gasteiger partial charge in [-0.2, -0.15) is 0 Å². The molecule has 0 amide bonds. The number of nitrogens with zero attached hydrogens (tertiary/aromatic N) is 2. The molecule has 0 fully saturated rings. The highest BCUT2D eigenvalue weighted by Gasteiger charge is 2.10. The lowest BCUT2D eigenvalue weighted by Gasteiger charge is -2.18. The van der Waals surface area contributed by atoms with Gasteiger partial charge in [-0.25, -0.2) is 4.98 Å². The number of aromatic nitrogens is 2. The number of imidazole rings is 1. The summed E-state index contributed by atoms with van der Waals surface area (Å²) >= 11 is 0. The van der Waals surface area contributed by atoms with Crippen molar-refractivity contribution in [2.45, 2.75) is 45.7 Å². The molecule has 0 bridgehead atoms. The molecule has 14 heavy (non-hydrogen) atoms. The Labute approximate surface area is 86.5 Å². The van der Waals surface area contributed by atoms with Gasteiger partial charge in [-0.15, -0.1) is 0 Å². The van der Waals surface area contributed by atoms with Crippen LogP contribution in [0.4, 0.5) is 0 Å². The SMILES string of the molecule is CCCC(CC)n1cncc1CNC. The fourth-order valence-electron chi connectivity index (χ4n) is 1.85. The Morgan fingerprint density at radius 1 is 1.50 bits per heavy atom. The van der Waals surface area contributed by atoms with E-state index in [1.54, 1.807) is 0 Å². The van der Waals surface area contributed by atoms with Gasteiger partial charge in [0, 0.05) is 18.8 Å². The molecule has 1 atom stereocenters. The Morgan fingerprint density at radius 2 is 2.29 bits per heavy atom. The summed E-state index contributed by atoms with van der Waals surface area (Å²) in [6.45, 7) is 5.38. The van der Waals surface area contributed by atoms with Crippen molar-refractivity contribution < 1.29 is 0 Å². The van der Waals surface area contributed by atoms with Crippen molar-refractivity contribution in [2.75, 3.05) is 7.05 Å². The molecule has 0 spiro atoms. The van der Waals surface area contributed by atoms with E-state index < -0.39 is 0 Å². The first-order valence-electron chi connectivity index (χ1n) is 5.48. The minimum atomic E-state index is 0.617. The first-order chi connectivity index (χ1) is 6.83. The summed E-state index contributed by atoms with van der Waals surface area (Å²) < 4.78 is 2.31. The molecule has 0 saturated carbocycles. The highest BCUT2D eigenvalue weighted by Crippen LogP contribution is 2.19. The second-order valence-electron chi connectivity index (χ2n) is 3.67. The zero-order chi connectivity index (χ0) is 10.4. The van der Waals surface area contributed by atoms with E-state index in [1.165, 1.54) is 25.0 Å². The number of hydrogen-bond donors (Lipinski definition) is 1. The predicted octanol–water partition coefficient (Wildman–Crippen LogP) is 2.35. The third kappa shape index (κ3) is 2.58. The van der Waals surface area contributed by atoms with Gasteiger partial charge in [0.15, 0.2) is 0 Å². The van der Waals surface area contributed by atoms with E-state index >= 15 is 0 Å². The summed E-state index contributed by atoms with van der Waals surface area (Å²) in [4.78, 5) is 4.21. The highest BCUT2D eigenvalue weighted by atomic mass is 15.1. The maximum atomic E-state index is 4.21. The Bertz CT molecular complexity index is 255. The summed E-state index contributed by atoms with van der Waals surface area (Å²) in [6, 6.07) is 0.617. The van der Waals surface area contributed by atoms with Crippen molar-refractivity contribution in [3.8, 4) is 0 Å². The topological polar surface area (TPSA) is 29.9 Å². The number of hydrogen-bond acceptors (Lipinski definition) is 2. The van der Waals surface area contributed by atoms with Crippen LogP contribution < -0.4 is 5.32 Å². The Kier molecular flexibility index (Phi) is 4.66. The molecule has 3 heteroatoms. The fourth-order valence-corrected chi connectivity index (χ4v) is 1.85. The number of nitrogens with one attached hydrogen (secondary N) is 1. The van der Waals surface area contributed by atoms with Crippen LogP contribution in [-0.2, 0) is 6.54 Å². The van der Waals surface area contributed by atoms with E-state index in [2.05, 4.69) is 28.7 Å². The Morgan fingerprint density at radius 3 is 2.86 bits per heavy atom. The monoisotopic (exact) mass is 195 g/mol. The highest BCUT2D eigenvalue weighted by molar-refractivity contribution is 4.99. The second kappa shape index (κ2) is 5.81. The maximum Gasteiger partial charge on any atom is 0.0951 e. The Balaban J connectivity index is 2.74. The van der Waals surface area contributed by atoms with Crippen LogP contribution in [0.1, 0.15) is 44.8 Å². The van der Waals surface area contributed by atoms with Crippen LogP contribution in [0.15, 0.2) is 12.5 Å². The van der Waals surface area contributed by atoms with Crippen molar-refractivity contribution >= 4 is 0 Å². The van der Waals surface area contributed by atoms with Gasteiger partial charge < -0.3 is 9.88 Å². The summed E-state index contributed by atoms with van der Waals surface area (Å²) in [5.41, 5.74) is 1.28. The lowest BCUT2D eigenvalue weighted by Crippen LogP contribution is -2.15. The van der Waals surface area contributed by atoms with Crippen LogP contribution in [0.5, 0.6) is 0 Å². The zero-order valence-electron chi connectivity index (χ0n) is 9.45. The van der Waals surface area contributed by atoms with Crippen molar-refractivity contribution in [1.82, 2.24) is 14.9 Å². The van der Waals surface area contributed by atoms with E-state index in [4.69, 9.17) is 0 Å². The van der Waals surface area contributed by atoms with Gasteiger partial charge in [0.25, 0.3) is 0 Å². The van der Waals surface area contributed by atoms with E-state index in [-0.39, 0.29) is 0 Å². The quantitative estimate of drug-likeness (QED) is 0.755. The molecular formula is C11H21N3. The van der Waals surface area contributed by atoms with Gasteiger partial charge in [-0.3, -0.25) is 0 Å². The molecule has 1 heterocycles. The normalized spacial score (nSPS) is 13.1. The molecule has 1 N–H and O–H groups in total. The molecule has 1 rings (SSSR count). The van der Waals surface area contributed by atoms with Crippen LogP contribution in [0.3, 0.4) is 0 Å². The minimum absolute atomic E-state index is 0.617. The molecule has 0 aliphatic rings. The average Bonchev–Trinajstić information content (AvgIpc) is 2.63. The molecule has 1 aromatic heterocycles. The summed E-state index contributed by atoms with van der Waals surface area (Å²) in [5.74, 6) is 0. The molecule has 1 aromatic rings. The van der Waals surface area contributed by atoms with Crippen LogP contribution >= 0.6 is 0 Å². The molecule has 0 radical (unpaired) electrons. The van der Waals surface area contributed by atoms with Gasteiger partial charge in [0.05, 0.1) is 12.0 Å². The second-order valence-corrected chi connectivity index (χ2v) is 3.67. The minimum Gasteiger partial charge on any atom is -0.330 e. The van der Waals surface area contributed by atoms with Gasteiger partial charge in [-0.05, 0) is 19.9 Å². The third-order valence-corrected chi connectivity index (χ3v) is 2.59. The van der Waals surface area contributed by atoms with Crippen molar-refractivity contribution in [2.24, 2.45) is 0 Å². The van der Waals surface area contributed by atoms with Crippen molar-refractivity contribution in [3.63, 3.8) is 0 Å². The van der Waals surface area contributed by atoms with E-state index in [1.807, 2.05) is 19.6 Å². The molecule has 3 nitrogen and oxygen atoms in total. The third-order valence-electron chi connectivity index (χ3n) is 2.59. The molecule has 0 saturated heterocycles. The van der Waals surface area contributed by atoms with Crippen LogP contribution in [0.25, 0.3) is 0 Å². The van der Waals surface area contributed by atoms with Crippen LogP contribution in [-0.4, -0.2) is 16.6 Å². The average molecular weight is 195 g/mol. The van der Waals surface area contributed by atoms with Crippen LogP contribution in [0.2, 0.25) is 0 Å². The van der Waals surface area contributed by atoms with E-state index in [0.29, 0.717) is 6.04 Å². The molecule has 0 aliphatic heterocycles. The van der Waals surface area contributed by atoms with Crippen LogP contribution in [0, 0.1) is 0 Å². The lowest BCUT2D eigenvalue weighted by atomic mass is 10.1. The smallest absolute Gasteiger partial charge is 0.0951 e. The van der Waals surface area contributed by atoms with Gasteiger partial charge >= 0.3 is 0 Å². The zero-order valence-corrected chi connectivity index (χ0v) is 9.45. The maximum absolute atomic E-state index is 4.21. The first kappa shape index (κ1) is 11.2. The Hall–Kier alpha value is -0.830. The van der Waals surface area contributed by atoms with E-state index in [0.717, 1.165) is 6.54 Å². The number of rotatable bonds is 6. The molecular weight excluding hydrogens is 174 g/mol. The van der Waals surface area contributed by atoms with Crippen molar-refractivity contribution in [1.29, 1.82) is 0 Å². The first-order valence-corrected chi connectivity index (χ1v) is 5.48. The lowest BCUT2D eigenvalue weighted by molar-refractivity contribution is 0.432. The summed E-state index contributed by atoms with van der Waals surface area (Å²) in [7, 11) is 1.97. The summed E-state index contributed by atoms with van der Waals surface area (Å²) in [5, 5.41) is 3.17. The fraction of sp³-hybridized carbons (Fsp3) is 0.727.